The Morgan fingerprint density at radius 1 is 1.42 bits per heavy atom. The molecule has 0 N–H and O–H groups in total. The van der Waals surface area contributed by atoms with Gasteiger partial charge in [-0.25, -0.2) is 0 Å². The number of ketones is 1. The molecule has 1 aliphatic rings. The van der Waals surface area contributed by atoms with Crippen LogP contribution >= 0.6 is 11.8 Å². The molecule has 1 unspecified atom stereocenters. The number of hydrogen-bond donors (Lipinski definition) is 0. The van der Waals surface area contributed by atoms with E-state index in [0.29, 0.717) is 29.8 Å². The van der Waals surface area contributed by atoms with E-state index < -0.39 is 0 Å². The zero-order chi connectivity index (χ0) is 13.7. The highest BCUT2D eigenvalue weighted by Gasteiger charge is 2.23. The summed E-state index contributed by atoms with van der Waals surface area (Å²) in [5.41, 5.74) is 1.20. The molecule has 0 spiro atoms. The third kappa shape index (κ3) is 4.27. The maximum absolute atomic E-state index is 12.0. The fraction of sp³-hybridized carbons (Fsp3) is 0.562. The molecule has 0 aliphatic carbocycles. The summed E-state index contributed by atoms with van der Waals surface area (Å²) in [6.45, 7) is 5.10. The minimum absolute atomic E-state index is 0.345. The van der Waals surface area contributed by atoms with Crippen LogP contribution in [0.4, 0.5) is 0 Å². The summed E-state index contributed by atoms with van der Waals surface area (Å²) in [6, 6.07) is 8.10. The molecule has 2 nitrogen and oxygen atoms in total. The van der Waals surface area contributed by atoms with Crippen molar-refractivity contribution in [2.75, 3.05) is 18.1 Å². The standard InChI is InChI=1S/C16H22O2S/c1-12(2)10-19-11-14(17)9-13-7-8-18-16-6-4-3-5-15(13)16/h3-6,12-13H,7-11H2,1-2H3. The fourth-order valence-electron chi connectivity index (χ4n) is 2.37. The van der Waals surface area contributed by atoms with Crippen molar-refractivity contribution in [2.45, 2.75) is 32.6 Å². The Balaban J connectivity index is 1.88. The fourth-order valence-corrected chi connectivity index (χ4v) is 3.30. The molecule has 0 bridgehead atoms. The van der Waals surface area contributed by atoms with Crippen LogP contribution in [-0.4, -0.2) is 23.9 Å². The Bertz CT molecular complexity index is 429. The first-order chi connectivity index (χ1) is 9.16. The zero-order valence-electron chi connectivity index (χ0n) is 11.7. The van der Waals surface area contributed by atoms with Gasteiger partial charge in [0.05, 0.1) is 12.4 Å². The van der Waals surface area contributed by atoms with Crippen molar-refractivity contribution in [3.05, 3.63) is 29.8 Å². The van der Waals surface area contributed by atoms with Crippen LogP contribution in [0.15, 0.2) is 24.3 Å². The van der Waals surface area contributed by atoms with Gasteiger partial charge in [0.2, 0.25) is 0 Å². The lowest BCUT2D eigenvalue weighted by Gasteiger charge is -2.25. The molecule has 2 rings (SSSR count). The number of rotatable bonds is 6. The van der Waals surface area contributed by atoms with Crippen LogP contribution in [0.25, 0.3) is 0 Å². The van der Waals surface area contributed by atoms with E-state index >= 15 is 0 Å². The van der Waals surface area contributed by atoms with Crippen molar-refractivity contribution in [3.63, 3.8) is 0 Å². The van der Waals surface area contributed by atoms with E-state index in [1.807, 2.05) is 18.2 Å². The van der Waals surface area contributed by atoms with E-state index in [1.54, 1.807) is 11.8 Å². The van der Waals surface area contributed by atoms with Gasteiger partial charge in [0.15, 0.2) is 0 Å². The summed E-state index contributed by atoms with van der Waals surface area (Å²) < 4.78 is 5.63. The topological polar surface area (TPSA) is 26.3 Å². The van der Waals surface area contributed by atoms with Gasteiger partial charge in [-0.1, -0.05) is 32.0 Å². The highest BCUT2D eigenvalue weighted by Crippen LogP contribution is 2.35. The minimum Gasteiger partial charge on any atom is -0.493 e. The second kappa shape index (κ2) is 6.99. The van der Waals surface area contributed by atoms with E-state index in [-0.39, 0.29) is 0 Å². The van der Waals surface area contributed by atoms with Gasteiger partial charge in [0.1, 0.15) is 11.5 Å². The molecule has 1 aromatic carbocycles. The molecule has 0 radical (unpaired) electrons. The third-order valence-electron chi connectivity index (χ3n) is 3.27. The maximum Gasteiger partial charge on any atom is 0.143 e. The SMILES string of the molecule is CC(C)CSCC(=O)CC1CCOc2ccccc21. The Hall–Kier alpha value is -0.960. The predicted octanol–water partition coefficient (Wildman–Crippen LogP) is 3.90. The largest absolute Gasteiger partial charge is 0.493 e. The van der Waals surface area contributed by atoms with Crippen molar-refractivity contribution in [1.82, 2.24) is 0 Å². The Morgan fingerprint density at radius 2 is 2.21 bits per heavy atom. The molecule has 0 amide bonds. The molecule has 3 heteroatoms. The van der Waals surface area contributed by atoms with Gasteiger partial charge in [-0.3, -0.25) is 4.79 Å². The summed E-state index contributed by atoms with van der Waals surface area (Å²) in [5.74, 6) is 4.04. The van der Waals surface area contributed by atoms with Gasteiger partial charge in [0.25, 0.3) is 0 Å². The number of Topliss-reactive ketones (excluding diaryl/α,β-unsaturated/α-hetero) is 1. The number of carbonyl (C=O) groups excluding carboxylic acids is 1. The van der Waals surface area contributed by atoms with Gasteiger partial charge in [-0.2, -0.15) is 11.8 Å². The molecule has 0 saturated carbocycles. The van der Waals surface area contributed by atoms with Gasteiger partial charge in [-0.05, 0) is 35.6 Å². The molecule has 1 heterocycles. The monoisotopic (exact) mass is 278 g/mol. The molecular weight excluding hydrogens is 256 g/mol. The highest BCUT2D eigenvalue weighted by atomic mass is 32.2. The lowest BCUT2D eigenvalue weighted by atomic mass is 9.89. The lowest BCUT2D eigenvalue weighted by molar-refractivity contribution is -0.117. The summed E-state index contributed by atoms with van der Waals surface area (Å²) >= 11 is 1.76. The van der Waals surface area contributed by atoms with E-state index in [4.69, 9.17) is 4.74 Å². The number of thioether (sulfide) groups is 1. The lowest BCUT2D eigenvalue weighted by Crippen LogP contribution is -2.18. The number of fused-ring (bicyclic) bond motifs is 1. The second-order valence-electron chi connectivity index (χ2n) is 5.52. The van der Waals surface area contributed by atoms with E-state index in [1.165, 1.54) is 5.56 Å². The first-order valence-corrected chi connectivity index (χ1v) is 8.13. The molecule has 0 fully saturated rings. The molecule has 1 aliphatic heterocycles. The first kappa shape index (κ1) is 14.4. The molecular formula is C16H22O2S. The van der Waals surface area contributed by atoms with Crippen molar-refractivity contribution < 1.29 is 9.53 Å². The van der Waals surface area contributed by atoms with Gasteiger partial charge in [0, 0.05) is 6.42 Å². The van der Waals surface area contributed by atoms with Crippen LogP contribution in [0, 0.1) is 5.92 Å². The van der Waals surface area contributed by atoms with Gasteiger partial charge in [-0.15, -0.1) is 0 Å². The summed E-state index contributed by atoms with van der Waals surface area (Å²) in [7, 11) is 0. The number of ether oxygens (including phenoxy) is 1. The second-order valence-corrected chi connectivity index (χ2v) is 6.55. The predicted molar refractivity (Wildman–Crippen MR) is 81.1 cm³/mol. The van der Waals surface area contributed by atoms with Crippen LogP contribution < -0.4 is 4.74 Å². The van der Waals surface area contributed by atoms with Crippen molar-refractivity contribution >= 4 is 17.5 Å². The zero-order valence-corrected chi connectivity index (χ0v) is 12.5. The van der Waals surface area contributed by atoms with Crippen molar-refractivity contribution in [3.8, 4) is 5.75 Å². The normalized spacial score (nSPS) is 17.9. The van der Waals surface area contributed by atoms with Crippen LogP contribution in [0.5, 0.6) is 5.75 Å². The molecule has 1 aromatic rings. The Kier molecular flexibility index (Phi) is 5.32. The first-order valence-electron chi connectivity index (χ1n) is 6.98. The molecule has 0 saturated heterocycles. The van der Waals surface area contributed by atoms with Crippen molar-refractivity contribution in [2.24, 2.45) is 5.92 Å². The van der Waals surface area contributed by atoms with E-state index in [2.05, 4.69) is 19.9 Å². The summed E-state index contributed by atoms with van der Waals surface area (Å²) in [4.78, 5) is 12.0. The average Bonchev–Trinajstić information content (AvgIpc) is 2.39. The van der Waals surface area contributed by atoms with Crippen LogP contribution in [0.2, 0.25) is 0 Å². The molecule has 0 aromatic heterocycles. The van der Waals surface area contributed by atoms with E-state index in [9.17, 15) is 4.79 Å². The van der Waals surface area contributed by atoms with Gasteiger partial charge < -0.3 is 4.74 Å². The van der Waals surface area contributed by atoms with E-state index in [0.717, 1.165) is 24.5 Å². The minimum atomic E-state index is 0.345. The molecule has 1 atom stereocenters. The molecule has 19 heavy (non-hydrogen) atoms. The third-order valence-corrected chi connectivity index (χ3v) is 4.70. The summed E-state index contributed by atoms with van der Waals surface area (Å²) in [6.07, 6.45) is 1.61. The van der Waals surface area contributed by atoms with Crippen LogP contribution in [-0.2, 0) is 4.79 Å². The molecule has 104 valence electrons. The number of hydrogen-bond acceptors (Lipinski definition) is 3. The maximum atomic E-state index is 12.0. The number of benzene rings is 1. The Morgan fingerprint density at radius 3 is 3.00 bits per heavy atom. The quantitative estimate of drug-likeness (QED) is 0.789. The Labute approximate surface area is 119 Å². The van der Waals surface area contributed by atoms with Gasteiger partial charge >= 0.3 is 0 Å². The van der Waals surface area contributed by atoms with Crippen LogP contribution in [0.1, 0.15) is 38.2 Å². The summed E-state index contributed by atoms with van der Waals surface area (Å²) in [5, 5.41) is 0. The number of para-hydroxylation sites is 1. The smallest absolute Gasteiger partial charge is 0.143 e. The van der Waals surface area contributed by atoms with Crippen molar-refractivity contribution in [1.29, 1.82) is 0 Å². The van der Waals surface area contributed by atoms with Crippen LogP contribution in [0.3, 0.4) is 0 Å². The highest BCUT2D eigenvalue weighted by molar-refractivity contribution is 7.99. The average molecular weight is 278 g/mol. The number of carbonyl (C=O) groups is 1.